The van der Waals surface area contributed by atoms with Crippen molar-refractivity contribution >= 4 is 17.3 Å². The molecule has 0 fully saturated rings. The van der Waals surface area contributed by atoms with Gasteiger partial charge in [-0.3, -0.25) is 9.69 Å². The molecule has 5 heteroatoms. The highest BCUT2D eigenvalue weighted by molar-refractivity contribution is 7.09. The van der Waals surface area contributed by atoms with Crippen LogP contribution in [0.4, 0.5) is 0 Å². The Morgan fingerprint density at radius 2 is 2.40 bits per heavy atom. The number of aliphatic carboxylic acids is 1. The van der Waals surface area contributed by atoms with Crippen molar-refractivity contribution in [3.63, 3.8) is 0 Å². The smallest absolute Gasteiger partial charge is 0.306 e. The zero-order valence-corrected chi connectivity index (χ0v) is 9.41. The number of likely N-dealkylation sites (N-methyl/N-ethyl adjacent to an activating group) is 1. The molecule has 1 aromatic rings. The van der Waals surface area contributed by atoms with Crippen LogP contribution < -0.4 is 0 Å². The molecule has 1 heterocycles. The van der Waals surface area contributed by atoms with E-state index in [0.29, 0.717) is 6.54 Å². The molecule has 0 aliphatic heterocycles. The molecule has 0 radical (unpaired) electrons. The highest BCUT2D eigenvalue weighted by Crippen LogP contribution is 2.11. The van der Waals surface area contributed by atoms with Crippen molar-refractivity contribution in [3.8, 4) is 0 Å². The van der Waals surface area contributed by atoms with Gasteiger partial charge in [0.25, 0.3) is 0 Å². The molecule has 1 atom stereocenters. The second-order valence-corrected chi connectivity index (χ2v) is 4.56. The summed E-state index contributed by atoms with van der Waals surface area (Å²) in [5.41, 5.74) is 0. The van der Waals surface area contributed by atoms with Crippen LogP contribution in [0.5, 0.6) is 0 Å². The fourth-order valence-electron chi connectivity index (χ4n) is 1.36. The van der Waals surface area contributed by atoms with Gasteiger partial charge in [-0.1, -0.05) is 6.07 Å². The Hall–Kier alpha value is -0.910. The molecule has 2 N–H and O–H groups in total. The number of hydrogen-bond acceptors (Lipinski definition) is 4. The lowest BCUT2D eigenvalue weighted by atomic mass is 10.2. The lowest BCUT2D eigenvalue weighted by molar-refractivity contribution is -0.139. The van der Waals surface area contributed by atoms with Crippen LogP contribution in [0, 0.1) is 0 Å². The largest absolute Gasteiger partial charge is 0.481 e. The first-order chi connectivity index (χ1) is 7.08. The maximum absolute atomic E-state index is 10.3. The van der Waals surface area contributed by atoms with Crippen molar-refractivity contribution in [3.05, 3.63) is 22.4 Å². The van der Waals surface area contributed by atoms with E-state index in [1.165, 1.54) is 4.88 Å². The van der Waals surface area contributed by atoms with Gasteiger partial charge in [-0.05, 0) is 18.5 Å². The normalized spacial score (nSPS) is 13.0. The Kier molecular flexibility index (Phi) is 4.74. The van der Waals surface area contributed by atoms with Gasteiger partial charge < -0.3 is 10.2 Å². The fourth-order valence-corrected chi connectivity index (χ4v) is 2.14. The number of rotatable bonds is 6. The summed E-state index contributed by atoms with van der Waals surface area (Å²) in [7, 11) is 1.87. The van der Waals surface area contributed by atoms with Gasteiger partial charge >= 0.3 is 5.97 Å². The average molecular weight is 229 g/mol. The number of aliphatic hydroxyl groups excluding tert-OH is 1. The van der Waals surface area contributed by atoms with Crippen molar-refractivity contribution in [1.29, 1.82) is 0 Å². The number of hydrogen-bond donors (Lipinski definition) is 2. The standard InChI is InChI=1S/C10H15NO3S/c1-11(6-8(12)5-10(13)14)7-9-3-2-4-15-9/h2-4,8,12H,5-7H2,1H3,(H,13,14). The number of carbonyl (C=O) groups is 1. The Balaban J connectivity index is 2.29. The lowest BCUT2D eigenvalue weighted by Crippen LogP contribution is -2.30. The zero-order valence-electron chi connectivity index (χ0n) is 8.59. The molecule has 1 unspecified atom stereocenters. The molecule has 0 spiro atoms. The Morgan fingerprint density at radius 1 is 1.67 bits per heavy atom. The molecule has 4 nitrogen and oxygen atoms in total. The molecular formula is C10H15NO3S. The summed E-state index contributed by atoms with van der Waals surface area (Å²) in [6, 6.07) is 3.99. The molecule has 0 saturated heterocycles. The summed E-state index contributed by atoms with van der Waals surface area (Å²) < 4.78 is 0. The zero-order chi connectivity index (χ0) is 11.3. The highest BCUT2D eigenvalue weighted by atomic mass is 32.1. The van der Waals surface area contributed by atoms with Crippen LogP contribution in [0.3, 0.4) is 0 Å². The van der Waals surface area contributed by atoms with Crippen molar-refractivity contribution in [1.82, 2.24) is 4.90 Å². The third-order valence-corrected chi connectivity index (χ3v) is 2.80. The average Bonchev–Trinajstić information content (AvgIpc) is 2.53. The summed E-state index contributed by atoms with van der Waals surface area (Å²) in [6.07, 6.45) is -0.998. The van der Waals surface area contributed by atoms with Gasteiger partial charge in [-0.15, -0.1) is 11.3 Å². The number of carboxylic acid groups (broad SMARTS) is 1. The molecule has 0 amide bonds. The third kappa shape index (κ3) is 4.92. The highest BCUT2D eigenvalue weighted by Gasteiger charge is 2.12. The molecule has 0 aromatic carbocycles. The number of thiophene rings is 1. The van der Waals surface area contributed by atoms with Crippen LogP contribution in [0.25, 0.3) is 0 Å². The van der Waals surface area contributed by atoms with Gasteiger partial charge in [0.05, 0.1) is 12.5 Å². The fraction of sp³-hybridized carbons (Fsp3) is 0.500. The second kappa shape index (κ2) is 5.85. The Bertz CT molecular complexity index is 300. The van der Waals surface area contributed by atoms with Crippen LogP contribution in [-0.2, 0) is 11.3 Å². The summed E-state index contributed by atoms with van der Waals surface area (Å²) in [4.78, 5) is 13.5. The van der Waals surface area contributed by atoms with E-state index in [-0.39, 0.29) is 6.42 Å². The van der Waals surface area contributed by atoms with Gasteiger partial charge in [0, 0.05) is 18.0 Å². The molecule has 0 aliphatic carbocycles. The molecule has 0 saturated carbocycles. The number of aliphatic hydroxyl groups is 1. The van der Waals surface area contributed by atoms with Crippen LogP contribution >= 0.6 is 11.3 Å². The minimum atomic E-state index is -0.966. The first-order valence-electron chi connectivity index (χ1n) is 4.68. The minimum absolute atomic E-state index is 0.200. The summed E-state index contributed by atoms with van der Waals surface area (Å²) in [6.45, 7) is 1.12. The van der Waals surface area contributed by atoms with Gasteiger partial charge in [0.1, 0.15) is 0 Å². The van der Waals surface area contributed by atoms with Crippen molar-refractivity contribution in [2.45, 2.75) is 19.1 Å². The van der Waals surface area contributed by atoms with E-state index < -0.39 is 12.1 Å². The topological polar surface area (TPSA) is 60.8 Å². The van der Waals surface area contributed by atoms with E-state index in [4.69, 9.17) is 5.11 Å². The molecule has 84 valence electrons. The quantitative estimate of drug-likeness (QED) is 0.764. The Morgan fingerprint density at radius 3 is 2.93 bits per heavy atom. The van der Waals surface area contributed by atoms with Crippen molar-refractivity contribution in [2.75, 3.05) is 13.6 Å². The van der Waals surface area contributed by atoms with E-state index in [1.807, 2.05) is 29.5 Å². The van der Waals surface area contributed by atoms with Crippen LogP contribution in [0.15, 0.2) is 17.5 Å². The van der Waals surface area contributed by atoms with Crippen LogP contribution in [0.2, 0.25) is 0 Å². The van der Waals surface area contributed by atoms with Gasteiger partial charge in [0.15, 0.2) is 0 Å². The molecule has 0 aliphatic rings. The summed E-state index contributed by atoms with van der Waals surface area (Å²) in [5.74, 6) is -0.966. The van der Waals surface area contributed by atoms with Gasteiger partial charge in [-0.2, -0.15) is 0 Å². The number of carboxylic acids is 1. The Labute approximate surface area is 92.8 Å². The van der Waals surface area contributed by atoms with E-state index >= 15 is 0 Å². The third-order valence-electron chi connectivity index (χ3n) is 1.94. The molecule has 1 rings (SSSR count). The predicted octanol–water partition coefficient (Wildman–Crippen LogP) is 1.02. The SMILES string of the molecule is CN(Cc1cccs1)CC(O)CC(=O)O. The molecular weight excluding hydrogens is 214 g/mol. The minimum Gasteiger partial charge on any atom is -0.481 e. The van der Waals surface area contributed by atoms with E-state index in [1.54, 1.807) is 11.3 Å². The second-order valence-electron chi connectivity index (χ2n) is 3.53. The first-order valence-corrected chi connectivity index (χ1v) is 5.56. The van der Waals surface area contributed by atoms with Gasteiger partial charge in [0.2, 0.25) is 0 Å². The summed E-state index contributed by atoms with van der Waals surface area (Å²) >= 11 is 1.65. The molecule has 0 bridgehead atoms. The van der Waals surface area contributed by atoms with E-state index in [2.05, 4.69) is 0 Å². The molecule has 1 aromatic heterocycles. The summed E-state index contributed by atoms with van der Waals surface area (Å²) in [5, 5.41) is 19.9. The monoisotopic (exact) mass is 229 g/mol. The van der Waals surface area contributed by atoms with Crippen molar-refractivity contribution < 1.29 is 15.0 Å². The van der Waals surface area contributed by atoms with Crippen molar-refractivity contribution in [2.24, 2.45) is 0 Å². The van der Waals surface area contributed by atoms with Crippen LogP contribution in [-0.4, -0.2) is 40.8 Å². The van der Waals surface area contributed by atoms with E-state index in [9.17, 15) is 9.90 Å². The lowest BCUT2D eigenvalue weighted by Gasteiger charge is -2.18. The number of nitrogens with zero attached hydrogens (tertiary/aromatic N) is 1. The maximum atomic E-state index is 10.3. The first kappa shape index (κ1) is 12.2. The van der Waals surface area contributed by atoms with E-state index in [0.717, 1.165) is 6.54 Å². The predicted molar refractivity (Wildman–Crippen MR) is 58.9 cm³/mol. The maximum Gasteiger partial charge on any atom is 0.306 e. The van der Waals surface area contributed by atoms with Crippen LogP contribution in [0.1, 0.15) is 11.3 Å². The van der Waals surface area contributed by atoms with Gasteiger partial charge in [-0.25, -0.2) is 0 Å². The molecule has 15 heavy (non-hydrogen) atoms.